The van der Waals surface area contributed by atoms with Crippen molar-refractivity contribution < 1.29 is 18.3 Å². The number of benzene rings is 1. The molecule has 2 aliphatic heterocycles. The third kappa shape index (κ3) is 4.05. The maximum Gasteiger partial charge on any atom is 0.321 e. The number of piperazine rings is 1. The van der Waals surface area contributed by atoms with Crippen molar-refractivity contribution in [3.63, 3.8) is 0 Å². The van der Waals surface area contributed by atoms with Gasteiger partial charge in [-0.1, -0.05) is 18.2 Å². The molecule has 0 unspecified atom stereocenters. The molecule has 1 saturated heterocycles. The highest BCUT2D eigenvalue weighted by Gasteiger charge is 2.41. The van der Waals surface area contributed by atoms with Crippen LogP contribution in [0.2, 0.25) is 0 Å². The van der Waals surface area contributed by atoms with Gasteiger partial charge in [0.25, 0.3) is 5.91 Å². The summed E-state index contributed by atoms with van der Waals surface area (Å²) in [5.41, 5.74) is 2.61. The predicted octanol–water partition coefficient (Wildman–Crippen LogP) is 0.809. The number of aromatic nitrogens is 2. The fourth-order valence-corrected chi connectivity index (χ4v) is 5.58. The van der Waals surface area contributed by atoms with Crippen molar-refractivity contribution in [2.24, 2.45) is 0 Å². The Morgan fingerprint density at radius 3 is 2.70 bits per heavy atom. The van der Waals surface area contributed by atoms with Crippen LogP contribution in [0.4, 0.5) is 5.69 Å². The second kappa shape index (κ2) is 8.69. The van der Waals surface area contributed by atoms with Gasteiger partial charge in [0, 0.05) is 61.6 Å². The van der Waals surface area contributed by atoms with Crippen molar-refractivity contribution in [2.75, 3.05) is 43.6 Å². The summed E-state index contributed by atoms with van der Waals surface area (Å²) in [6.45, 7) is 2.76. The van der Waals surface area contributed by atoms with Crippen LogP contribution in [0.25, 0.3) is 22.7 Å². The maximum absolute atomic E-state index is 13.4. The fourth-order valence-electron chi connectivity index (χ4n) is 4.25. The van der Waals surface area contributed by atoms with Gasteiger partial charge in [-0.25, -0.2) is 9.99 Å². The van der Waals surface area contributed by atoms with Gasteiger partial charge in [-0.15, -0.1) is 4.83 Å². The number of aliphatic hydroxyl groups excluding tert-OH is 1. The van der Waals surface area contributed by atoms with E-state index < -0.39 is 16.1 Å². The summed E-state index contributed by atoms with van der Waals surface area (Å²) in [6, 6.07) is 10.6. The van der Waals surface area contributed by atoms with E-state index >= 15 is 0 Å². The largest absolute Gasteiger partial charge is 0.395 e. The monoisotopic (exact) mass is 468 g/mol. The molecule has 10 nitrogen and oxygen atoms in total. The number of anilines is 1. The zero-order valence-corrected chi connectivity index (χ0v) is 18.6. The number of aromatic amines is 1. The predicted molar refractivity (Wildman–Crippen MR) is 125 cm³/mol. The van der Waals surface area contributed by atoms with E-state index in [0.29, 0.717) is 55.2 Å². The first kappa shape index (κ1) is 21.7. The molecule has 11 heteroatoms. The van der Waals surface area contributed by atoms with E-state index in [4.69, 9.17) is 5.11 Å². The lowest BCUT2D eigenvalue weighted by molar-refractivity contribution is -0.111. The minimum atomic E-state index is -4.18. The van der Waals surface area contributed by atoms with Crippen LogP contribution in [-0.4, -0.2) is 78.6 Å². The molecule has 4 heterocycles. The van der Waals surface area contributed by atoms with E-state index in [0.717, 1.165) is 15.3 Å². The van der Waals surface area contributed by atoms with E-state index in [2.05, 4.69) is 19.7 Å². The number of nitrogens with zero attached hydrogens (tertiary/aromatic N) is 4. The smallest absolute Gasteiger partial charge is 0.321 e. The molecule has 3 N–H and O–H groups in total. The molecule has 0 spiro atoms. The lowest BCUT2D eigenvalue weighted by Crippen LogP contribution is -2.57. The third-order valence-electron chi connectivity index (χ3n) is 5.88. The van der Waals surface area contributed by atoms with Crippen LogP contribution in [0, 0.1) is 0 Å². The van der Waals surface area contributed by atoms with Crippen molar-refractivity contribution in [2.45, 2.75) is 0 Å². The summed E-state index contributed by atoms with van der Waals surface area (Å²) in [5.74, 6) is -0.610. The fraction of sp³-hybridized carbons (Fsp3) is 0.273. The van der Waals surface area contributed by atoms with Crippen LogP contribution in [0.5, 0.6) is 0 Å². The van der Waals surface area contributed by atoms with Crippen LogP contribution in [0.1, 0.15) is 11.1 Å². The average molecular weight is 469 g/mol. The lowest BCUT2D eigenvalue weighted by Gasteiger charge is -2.34. The van der Waals surface area contributed by atoms with Gasteiger partial charge in [-0.2, -0.15) is 12.7 Å². The summed E-state index contributed by atoms with van der Waals surface area (Å²) in [7, 11) is -4.18. The quantitative estimate of drug-likeness (QED) is 0.458. The van der Waals surface area contributed by atoms with Crippen LogP contribution in [0.15, 0.2) is 48.8 Å². The molecule has 0 bridgehead atoms. The van der Waals surface area contributed by atoms with Crippen LogP contribution < -0.4 is 9.14 Å². The summed E-state index contributed by atoms with van der Waals surface area (Å²) < 4.78 is 27.4. The number of pyridine rings is 1. The Bertz CT molecular complexity index is 1330. The van der Waals surface area contributed by atoms with Crippen molar-refractivity contribution in [1.82, 2.24) is 24.7 Å². The van der Waals surface area contributed by atoms with Gasteiger partial charge >= 0.3 is 10.2 Å². The number of carbonyl (C=O) groups is 1. The standard InChI is InChI=1S/C22H24N6O4S/c29-13-12-26-8-10-27(11-9-26)25-33(31,32)28-20-6-2-1-4-18(20)19(22(28)30)14-16-15-24-21-17(16)5-3-7-23-21/h1-7,14-15,25,29H,8-13H2,(H,23,24). The Kier molecular flexibility index (Phi) is 5.72. The van der Waals surface area contributed by atoms with Crippen molar-refractivity contribution in [1.29, 1.82) is 0 Å². The number of H-pyrrole nitrogens is 1. The molecule has 5 rings (SSSR count). The highest BCUT2D eigenvalue weighted by atomic mass is 32.2. The number of fused-ring (bicyclic) bond motifs is 2. The molecular weight excluding hydrogens is 444 g/mol. The maximum atomic E-state index is 13.4. The Balaban J connectivity index is 1.45. The van der Waals surface area contributed by atoms with Crippen molar-refractivity contribution in [3.05, 3.63) is 59.9 Å². The Morgan fingerprint density at radius 2 is 1.91 bits per heavy atom. The number of amides is 1. The number of hydrogen-bond acceptors (Lipinski definition) is 7. The molecule has 3 aromatic rings. The highest BCUT2D eigenvalue weighted by Crippen LogP contribution is 2.39. The van der Waals surface area contributed by atoms with Crippen molar-refractivity contribution in [3.8, 4) is 0 Å². The normalized spacial score (nSPS) is 19.0. The summed E-state index contributed by atoms with van der Waals surface area (Å²) in [4.78, 5) is 25.4. The molecule has 1 amide bonds. The van der Waals surface area contributed by atoms with Gasteiger partial charge in [-0.05, 0) is 24.3 Å². The van der Waals surface area contributed by atoms with Crippen LogP contribution in [0.3, 0.4) is 0 Å². The number of β-amino-alcohol motifs (C(OH)–C–C–N with tert-alkyl or cyclic N) is 1. The van der Waals surface area contributed by atoms with E-state index in [-0.39, 0.29) is 6.61 Å². The Hall–Kier alpha value is -3.09. The zero-order valence-electron chi connectivity index (χ0n) is 17.8. The average Bonchev–Trinajstić information content (AvgIpc) is 3.34. The molecule has 1 fully saturated rings. The highest BCUT2D eigenvalue weighted by molar-refractivity contribution is 7.91. The third-order valence-corrected chi connectivity index (χ3v) is 7.22. The molecule has 0 aliphatic carbocycles. The molecule has 0 radical (unpaired) electrons. The molecule has 0 saturated carbocycles. The first-order valence-corrected chi connectivity index (χ1v) is 12.1. The molecule has 0 atom stereocenters. The zero-order chi connectivity index (χ0) is 23.0. The van der Waals surface area contributed by atoms with E-state index in [9.17, 15) is 13.2 Å². The van der Waals surface area contributed by atoms with Gasteiger partial charge in [0.05, 0.1) is 17.9 Å². The van der Waals surface area contributed by atoms with E-state index in [1.54, 1.807) is 47.7 Å². The number of hydrazine groups is 1. The molecule has 172 valence electrons. The molecule has 2 aromatic heterocycles. The number of rotatable bonds is 6. The second-order valence-electron chi connectivity index (χ2n) is 7.94. The first-order valence-electron chi connectivity index (χ1n) is 10.7. The van der Waals surface area contributed by atoms with E-state index in [1.165, 1.54) is 0 Å². The van der Waals surface area contributed by atoms with E-state index in [1.807, 2.05) is 12.1 Å². The Morgan fingerprint density at radius 1 is 1.12 bits per heavy atom. The molecule has 1 aromatic carbocycles. The first-order chi connectivity index (χ1) is 16.0. The summed E-state index contributed by atoms with van der Waals surface area (Å²) >= 11 is 0. The SMILES string of the molecule is O=C1C(=Cc2c[nH]c3ncccc23)c2ccccc2N1S(=O)(=O)NN1CCN(CCO)CC1. The van der Waals surface area contributed by atoms with Gasteiger partial charge in [0.2, 0.25) is 0 Å². The molecular formula is C22H24N6O4S. The minimum absolute atomic E-state index is 0.0619. The number of aliphatic hydroxyl groups is 1. The topological polar surface area (TPSA) is 122 Å². The van der Waals surface area contributed by atoms with Crippen LogP contribution >= 0.6 is 0 Å². The van der Waals surface area contributed by atoms with Crippen molar-refractivity contribution >= 4 is 44.5 Å². The number of carbonyl (C=O) groups excluding carboxylic acids is 1. The summed E-state index contributed by atoms with van der Waals surface area (Å²) in [5, 5.41) is 11.5. The lowest BCUT2D eigenvalue weighted by atomic mass is 10.0. The minimum Gasteiger partial charge on any atom is -0.395 e. The second-order valence-corrected chi connectivity index (χ2v) is 9.43. The molecule has 2 aliphatic rings. The Labute approximate surface area is 191 Å². The number of para-hydroxylation sites is 1. The number of nitrogens with one attached hydrogen (secondary N) is 2. The van der Waals surface area contributed by atoms with Crippen LogP contribution in [-0.2, 0) is 15.0 Å². The van der Waals surface area contributed by atoms with Gasteiger partial charge in [0.1, 0.15) is 5.65 Å². The van der Waals surface area contributed by atoms with Gasteiger partial charge < -0.3 is 10.1 Å². The summed E-state index contributed by atoms with van der Waals surface area (Å²) in [6.07, 6.45) is 5.13. The molecule has 33 heavy (non-hydrogen) atoms. The van der Waals surface area contributed by atoms with Gasteiger partial charge in [0.15, 0.2) is 0 Å². The number of hydrogen-bond donors (Lipinski definition) is 3. The van der Waals surface area contributed by atoms with Gasteiger partial charge in [-0.3, -0.25) is 9.69 Å².